The molecule has 0 radical (unpaired) electrons. The standard InChI is InChI=1S/C15H20FNOS/c16-12-2-4-13(5-3-12)19-8-7-17-9-11-1-6-15(18)14(11)10-17/h2-5,11,14-15,18H,1,6-10H2. The normalized spacial score (nSPS) is 30.7. The molecule has 2 fully saturated rings. The van der Waals surface area contributed by atoms with Gasteiger partial charge in [0.15, 0.2) is 0 Å². The smallest absolute Gasteiger partial charge is 0.123 e. The zero-order valence-corrected chi connectivity index (χ0v) is 11.8. The van der Waals surface area contributed by atoms with Crippen LogP contribution in [0.2, 0.25) is 0 Å². The summed E-state index contributed by atoms with van der Waals surface area (Å²) in [5.74, 6) is 2.08. The average Bonchev–Trinajstić information content (AvgIpc) is 2.95. The fourth-order valence-corrected chi connectivity index (χ4v) is 4.25. The van der Waals surface area contributed by atoms with Crippen LogP contribution in [0, 0.1) is 17.7 Å². The molecule has 2 nitrogen and oxygen atoms in total. The lowest BCUT2D eigenvalue weighted by molar-refractivity contribution is 0.125. The van der Waals surface area contributed by atoms with Crippen LogP contribution in [0.3, 0.4) is 0 Å². The van der Waals surface area contributed by atoms with Crippen LogP contribution in [-0.4, -0.2) is 41.5 Å². The van der Waals surface area contributed by atoms with Gasteiger partial charge in [0.2, 0.25) is 0 Å². The lowest BCUT2D eigenvalue weighted by atomic mass is 10.00. The minimum absolute atomic E-state index is 0.0697. The molecule has 3 unspecified atom stereocenters. The van der Waals surface area contributed by atoms with Gasteiger partial charge in [-0.1, -0.05) is 0 Å². The number of aliphatic hydroxyl groups is 1. The molecule has 0 amide bonds. The average molecular weight is 281 g/mol. The first kappa shape index (κ1) is 13.4. The maximum absolute atomic E-state index is 12.8. The van der Waals surface area contributed by atoms with Gasteiger partial charge < -0.3 is 10.0 Å². The molecule has 4 heteroatoms. The van der Waals surface area contributed by atoms with Crippen LogP contribution in [0.4, 0.5) is 4.39 Å². The molecule has 1 heterocycles. The predicted octanol–water partition coefficient (Wildman–Crippen LogP) is 2.62. The predicted molar refractivity (Wildman–Crippen MR) is 75.8 cm³/mol. The summed E-state index contributed by atoms with van der Waals surface area (Å²) in [5, 5.41) is 9.88. The molecule has 0 spiro atoms. The highest BCUT2D eigenvalue weighted by Crippen LogP contribution is 2.38. The summed E-state index contributed by atoms with van der Waals surface area (Å²) < 4.78 is 12.8. The van der Waals surface area contributed by atoms with E-state index in [2.05, 4.69) is 4.90 Å². The molecule has 1 aliphatic carbocycles. The Hall–Kier alpha value is -0.580. The minimum atomic E-state index is -0.175. The number of rotatable bonds is 4. The molecule has 3 atom stereocenters. The van der Waals surface area contributed by atoms with Crippen molar-refractivity contribution < 1.29 is 9.50 Å². The second-order valence-corrected chi connectivity index (χ2v) is 6.80. The van der Waals surface area contributed by atoms with Crippen LogP contribution >= 0.6 is 11.8 Å². The van der Waals surface area contributed by atoms with Gasteiger partial charge in [-0.2, -0.15) is 0 Å². The second-order valence-electron chi connectivity index (χ2n) is 5.63. The van der Waals surface area contributed by atoms with Crippen molar-refractivity contribution in [3.05, 3.63) is 30.1 Å². The monoisotopic (exact) mass is 281 g/mol. The number of hydrogen-bond donors (Lipinski definition) is 1. The van der Waals surface area contributed by atoms with E-state index in [1.54, 1.807) is 11.8 Å². The van der Waals surface area contributed by atoms with Crippen LogP contribution in [0.1, 0.15) is 12.8 Å². The number of benzene rings is 1. The van der Waals surface area contributed by atoms with Crippen molar-refractivity contribution in [3.63, 3.8) is 0 Å². The van der Waals surface area contributed by atoms with Crippen LogP contribution in [0.25, 0.3) is 0 Å². The SMILES string of the molecule is OC1CCC2CN(CCSc3ccc(F)cc3)CC12. The number of halogens is 1. The molecule has 3 rings (SSSR count). The molecule has 1 aliphatic heterocycles. The highest BCUT2D eigenvalue weighted by Gasteiger charge is 2.41. The third-order valence-electron chi connectivity index (χ3n) is 4.38. The molecule has 1 aromatic rings. The largest absolute Gasteiger partial charge is 0.393 e. The molecule has 104 valence electrons. The summed E-state index contributed by atoms with van der Waals surface area (Å²) >= 11 is 1.77. The Morgan fingerprint density at radius 2 is 2.00 bits per heavy atom. The number of likely N-dealkylation sites (tertiary alicyclic amines) is 1. The Morgan fingerprint density at radius 3 is 2.74 bits per heavy atom. The zero-order chi connectivity index (χ0) is 13.2. The Labute approximate surface area is 118 Å². The van der Waals surface area contributed by atoms with E-state index in [9.17, 15) is 9.50 Å². The van der Waals surface area contributed by atoms with Gasteiger partial charge in [-0.15, -0.1) is 11.8 Å². The molecular weight excluding hydrogens is 261 g/mol. The molecule has 1 saturated carbocycles. The lowest BCUT2D eigenvalue weighted by Gasteiger charge is -2.17. The van der Waals surface area contributed by atoms with Crippen molar-refractivity contribution in [2.75, 3.05) is 25.4 Å². The van der Waals surface area contributed by atoms with E-state index in [0.717, 1.165) is 36.7 Å². The Bertz CT molecular complexity index is 425. The van der Waals surface area contributed by atoms with Gasteiger partial charge in [0, 0.05) is 36.2 Å². The Morgan fingerprint density at radius 1 is 1.21 bits per heavy atom. The minimum Gasteiger partial charge on any atom is -0.393 e. The second kappa shape index (κ2) is 5.81. The zero-order valence-electron chi connectivity index (χ0n) is 11.0. The van der Waals surface area contributed by atoms with Gasteiger partial charge in [-0.25, -0.2) is 4.39 Å². The third-order valence-corrected chi connectivity index (χ3v) is 5.38. The number of nitrogens with zero attached hydrogens (tertiary/aromatic N) is 1. The van der Waals surface area contributed by atoms with E-state index in [4.69, 9.17) is 0 Å². The number of aliphatic hydroxyl groups excluding tert-OH is 1. The van der Waals surface area contributed by atoms with Crippen LogP contribution in [-0.2, 0) is 0 Å². The first-order valence-corrected chi connectivity index (χ1v) is 8.00. The summed E-state index contributed by atoms with van der Waals surface area (Å²) in [4.78, 5) is 3.59. The Balaban J connectivity index is 1.43. The highest BCUT2D eigenvalue weighted by atomic mass is 32.2. The van der Waals surface area contributed by atoms with Crippen LogP contribution in [0.5, 0.6) is 0 Å². The summed E-state index contributed by atoms with van der Waals surface area (Å²) in [6, 6.07) is 6.70. The van der Waals surface area contributed by atoms with Crippen molar-refractivity contribution in [1.82, 2.24) is 4.90 Å². The topological polar surface area (TPSA) is 23.5 Å². The lowest BCUT2D eigenvalue weighted by Crippen LogP contribution is -2.26. The summed E-state index contributed by atoms with van der Waals surface area (Å²) in [7, 11) is 0. The van der Waals surface area contributed by atoms with E-state index >= 15 is 0 Å². The maximum Gasteiger partial charge on any atom is 0.123 e. The fraction of sp³-hybridized carbons (Fsp3) is 0.600. The number of thioether (sulfide) groups is 1. The molecule has 1 N–H and O–H groups in total. The first-order chi connectivity index (χ1) is 9.22. The quantitative estimate of drug-likeness (QED) is 0.858. The third kappa shape index (κ3) is 3.12. The number of fused-ring (bicyclic) bond motifs is 1. The maximum atomic E-state index is 12.8. The van der Waals surface area contributed by atoms with Crippen molar-refractivity contribution in [2.45, 2.75) is 23.8 Å². The van der Waals surface area contributed by atoms with E-state index in [-0.39, 0.29) is 11.9 Å². The van der Waals surface area contributed by atoms with Crippen LogP contribution in [0.15, 0.2) is 29.2 Å². The number of hydrogen-bond acceptors (Lipinski definition) is 3. The van der Waals surface area contributed by atoms with Crippen molar-refractivity contribution in [3.8, 4) is 0 Å². The van der Waals surface area contributed by atoms with E-state index in [1.165, 1.54) is 18.6 Å². The summed E-state index contributed by atoms with van der Waals surface area (Å²) in [6.07, 6.45) is 2.11. The molecule has 1 saturated heterocycles. The summed E-state index contributed by atoms with van der Waals surface area (Å²) in [6.45, 7) is 3.25. The van der Waals surface area contributed by atoms with E-state index in [0.29, 0.717) is 11.8 Å². The fourth-order valence-electron chi connectivity index (χ4n) is 3.33. The van der Waals surface area contributed by atoms with Crippen LogP contribution < -0.4 is 0 Å². The van der Waals surface area contributed by atoms with Crippen molar-refractivity contribution in [1.29, 1.82) is 0 Å². The molecule has 0 bridgehead atoms. The van der Waals surface area contributed by atoms with E-state index in [1.807, 2.05) is 12.1 Å². The molecular formula is C15H20FNOS. The van der Waals surface area contributed by atoms with Gasteiger partial charge in [0.25, 0.3) is 0 Å². The molecule has 1 aromatic carbocycles. The first-order valence-electron chi connectivity index (χ1n) is 7.01. The molecule has 0 aromatic heterocycles. The van der Waals surface area contributed by atoms with Gasteiger partial charge in [-0.3, -0.25) is 0 Å². The molecule has 19 heavy (non-hydrogen) atoms. The Kier molecular flexibility index (Phi) is 4.10. The van der Waals surface area contributed by atoms with E-state index < -0.39 is 0 Å². The van der Waals surface area contributed by atoms with Gasteiger partial charge in [-0.05, 0) is 43.0 Å². The van der Waals surface area contributed by atoms with Crippen molar-refractivity contribution in [2.24, 2.45) is 11.8 Å². The summed E-state index contributed by atoms with van der Waals surface area (Å²) in [5.41, 5.74) is 0. The van der Waals surface area contributed by atoms with Crippen molar-refractivity contribution >= 4 is 11.8 Å². The highest BCUT2D eigenvalue weighted by molar-refractivity contribution is 7.99. The van der Waals surface area contributed by atoms with Gasteiger partial charge in [0.05, 0.1) is 6.10 Å². The van der Waals surface area contributed by atoms with Gasteiger partial charge in [0.1, 0.15) is 5.82 Å². The molecule has 2 aliphatic rings. The van der Waals surface area contributed by atoms with Gasteiger partial charge >= 0.3 is 0 Å².